The summed E-state index contributed by atoms with van der Waals surface area (Å²) in [4.78, 5) is 34.1. The van der Waals surface area contributed by atoms with Crippen molar-refractivity contribution in [3.63, 3.8) is 0 Å². The second kappa shape index (κ2) is 7.29. The van der Waals surface area contributed by atoms with Crippen molar-refractivity contribution < 1.29 is 19.1 Å². The number of H-pyrrole nitrogens is 1. The summed E-state index contributed by atoms with van der Waals surface area (Å²) < 4.78 is 11.1. The second-order valence-electron chi connectivity index (χ2n) is 8.71. The highest BCUT2D eigenvalue weighted by Gasteiger charge is 2.48. The van der Waals surface area contributed by atoms with Gasteiger partial charge in [-0.3, -0.25) is 9.59 Å². The van der Waals surface area contributed by atoms with Crippen LogP contribution >= 0.6 is 0 Å². The molecule has 32 heavy (non-hydrogen) atoms. The Bertz CT molecular complexity index is 1230. The van der Waals surface area contributed by atoms with Crippen LogP contribution in [-0.4, -0.2) is 52.5 Å². The Hall–Kier alpha value is -3.48. The predicted molar refractivity (Wildman–Crippen MR) is 119 cm³/mol. The van der Waals surface area contributed by atoms with Gasteiger partial charge in [-0.2, -0.15) is 0 Å². The first-order valence-corrected chi connectivity index (χ1v) is 11.2. The topological polar surface area (TPSA) is 74.9 Å². The van der Waals surface area contributed by atoms with E-state index in [0.717, 1.165) is 40.6 Å². The summed E-state index contributed by atoms with van der Waals surface area (Å²) >= 11 is 0. The number of hydrogen-bond donors (Lipinski definition) is 1. The number of nitrogens with one attached hydrogen (secondary N) is 1. The maximum atomic E-state index is 13.5. The molecule has 2 aromatic carbocycles. The van der Waals surface area contributed by atoms with Crippen molar-refractivity contribution in [2.45, 2.75) is 38.3 Å². The molecule has 1 N–H and O–H groups in total. The summed E-state index contributed by atoms with van der Waals surface area (Å²) in [6, 6.07) is 13.0. The number of ether oxygens (including phenoxy) is 2. The van der Waals surface area contributed by atoms with Crippen LogP contribution in [0, 0.1) is 0 Å². The summed E-state index contributed by atoms with van der Waals surface area (Å²) in [5.74, 6) is 1.39. The van der Waals surface area contributed by atoms with E-state index in [1.807, 2.05) is 36.4 Å². The first-order chi connectivity index (χ1) is 15.7. The molecule has 3 aliphatic heterocycles. The van der Waals surface area contributed by atoms with Gasteiger partial charge in [-0.15, -0.1) is 0 Å². The quantitative estimate of drug-likeness (QED) is 0.687. The summed E-state index contributed by atoms with van der Waals surface area (Å²) in [7, 11) is 0. The molecule has 1 fully saturated rings. The lowest BCUT2D eigenvalue weighted by atomic mass is 9.86. The molecule has 0 aliphatic carbocycles. The summed E-state index contributed by atoms with van der Waals surface area (Å²) in [5, 5.41) is 1.11. The standard InChI is InChI=1S/C25H25N3O4/c1-2-3-10-27-13-22(29)28-19(25(27)30)12-17-16-6-4-5-7-18(16)26-23(17)24(28)15-8-9-20-21(11-15)32-14-31-20/h4-9,11,19,24,26H,2-3,10,12-14H2,1H3/t19-,24-/m1/s1. The average molecular weight is 431 g/mol. The minimum absolute atomic E-state index is 0.0160. The molecule has 7 heteroatoms. The number of piperazine rings is 1. The molecule has 0 saturated carbocycles. The predicted octanol–water partition coefficient (Wildman–Crippen LogP) is 3.38. The average Bonchev–Trinajstić information content (AvgIpc) is 3.43. The van der Waals surface area contributed by atoms with Gasteiger partial charge in [0.25, 0.3) is 0 Å². The van der Waals surface area contributed by atoms with E-state index >= 15 is 0 Å². The van der Waals surface area contributed by atoms with Gasteiger partial charge in [0, 0.05) is 29.6 Å². The van der Waals surface area contributed by atoms with Gasteiger partial charge < -0.3 is 24.3 Å². The van der Waals surface area contributed by atoms with Gasteiger partial charge in [0.2, 0.25) is 18.6 Å². The van der Waals surface area contributed by atoms with Crippen LogP contribution in [0.2, 0.25) is 0 Å². The molecular weight excluding hydrogens is 406 g/mol. The van der Waals surface area contributed by atoms with E-state index in [0.29, 0.717) is 24.5 Å². The molecule has 7 nitrogen and oxygen atoms in total. The molecule has 164 valence electrons. The normalized spacial score (nSPS) is 21.8. The number of fused-ring (bicyclic) bond motifs is 5. The Balaban J connectivity index is 1.51. The van der Waals surface area contributed by atoms with Gasteiger partial charge in [-0.05, 0) is 35.7 Å². The lowest BCUT2D eigenvalue weighted by Crippen LogP contribution is -2.63. The molecule has 6 rings (SSSR count). The molecule has 2 atom stereocenters. The lowest BCUT2D eigenvalue weighted by molar-refractivity contribution is -0.158. The molecule has 0 radical (unpaired) electrons. The number of carbonyl (C=O) groups is 2. The van der Waals surface area contributed by atoms with Crippen molar-refractivity contribution in [3.05, 3.63) is 59.3 Å². The van der Waals surface area contributed by atoms with Gasteiger partial charge in [0.1, 0.15) is 6.04 Å². The number of aromatic amines is 1. The molecule has 0 spiro atoms. The van der Waals surface area contributed by atoms with Gasteiger partial charge in [-0.25, -0.2) is 0 Å². The molecule has 1 aromatic heterocycles. The molecule has 2 amide bonds. The molecular formula is C25H25N3O4. The fraction of sp³-hybridized carbons (Fsp3) is 0.360. The molecule has 4 heterocycles. The second-order valence-corrected chi connectivity index (χ2v) is 8.71. The fourth-order valence-corrected chi connectivity index (χ4v) is 5.29. The van der Waals surface area contributed by atoms with E-state index in [-0.39, 0.29) is 31.2 Å². The van der Waals surface area contributed by atoms with Crippen LogP contribution in [0.1, 0.15) is 42.6 Å². The third-order valence-corrected chi connectivity index (χ3v) is 6.84. The Morgan fingerprint density at radius 2 is 1.94 bits per heavy atom. The van der Waals surface area contributed by atoms with Crippen LogP contribution < -0.4 is 9.47 Å². The van der Waals surface area contributed by atoms with Crippen LogP contribution in [0.25, 0.3) is 10.9 Å². The molecule has 0 bridgehead atoms. The Kier molecular flexibility index (Phi) is 4.38. The Morgan fingerprint density at radius 1 is 1.09 bits per heavy atom. The SMILES string of the molecule is CCCCN1CC(=O)N2[C@H](c3ccc4c(c3)OCO4)c3[nH]c4ccccc4c3C[C@@H]2C1=O. The smallest absolute Gasteiger partial charge is 0.246 e. The van der Waals surface area contributed by atoms with Crippen LogP contribution in [0.3, 0.4) is 0 Å². The highest BCUT2D eigenvalue weighted by atomic mass is 16.7. The first-order valence-electron chi connectivity index (χ1n) is 11.2. The van der Waals surface area contributed by atoms with Crippen molar-refractivity contribution >= 4 is 22.7 Å². The number of nitrogens with zero attached hydrogens (tertiary/aromatic N) is 2. The van der Waals surface area contributed by atoms with Crippen molar-refractivity contribution in [1.29, 1.82) is 0 Å². The van der Waals surface area contributed by atoms with Crippen molar-refractivity contribution in [2.75, 3.05) is 19.9 Å². The molecule has 1 saturated heterocycles. The zero-order chi connectivity index (χ0) is 21.8. The van der Waals surface area contributed by atoms with E-state index in [2.05, 4.69) is 18.0 Å². The lowest BCUT2D eigenvalue weighted by Gasteiger charge is -2.47. The maximum absolute atomic E-state index is 13.5. The fourth-order valence-electron chi connectivity index (χ4n) is 5.29. The Morgan fingerprint density at radius 3 is 2.81 bits per heavy atom. The van der Waals surface area contributed by atoms with Crippen LogP contribution in [-0.2, 0) is 16.0 Å². The van der Waals surface area contributed by atoms with E-state index in [1.165, 1.54) is 0 Å². The van der Waals surface area contributed by atoms with E-state index in [1.54, 1.807) is 9.80 Å². The summed E-state index contributed by atoms with van der Waals surface area (Å²) in [6.07, 6.45) is 2.40. The molecule has 3 aliphatic rings. The number of amides is 2. The number of carbonyl (C=O) groups excluding carboxylic acids is 2. The van der Waals surface area contributed by atoms with Gasteiger partial charge in [0.05, 0.1) is 12.6 Å². The number of aromatic nitrogens is 1. The zero-order valence-corrected chi connectivity index (χ0v) is 18.0. The van der Waals surface area contributed by atoms with Gasteiger partial charge in [0.15, 0.2) is 11.5 Å². The monoisotopic (exact) mass is 431 g/mol. The van der Waals surface area contributed by atoms with E-state index in [4.69, 9.17) is 9.47 Å². The maximum Gasteiger partial charge on any atom is 0.246 e. The van der Waals surface area contributed by atoms with Crippen LogP contribution in [0.5, 0.6) is 11.5 Å². The van der Waals surface area contributed by atoms with Crippen LogP contribution in [0.4, 0.5) is 0 Å². The van der Waals surface area contributed by atoms with Gasteiger partial charge >= 0.3 is 0 Å². The Labute approximate surface area is 185 Å². The van der Waals surface area contributed by atoms with E-state index < -0.39 is 6.04 Å². The number of unbranched alkanes of at least 4 members (excludes halogenated alkanes) is 1. The number of hydrogen-bond acceptors (Lipinski definition) is 4. The van der Waals surface area contributed by atoms with Crippen LogP contribution in [0.15, 0.2) is 42.5 Å². The summed E-state index contributed by atoms with van der Waals surface area (Å²) in [6.45, 7) is 3.04. The van der Waals surface area contributed by atoms with Crippen molar-refractivity contribution in [1.82, 2.24) is 14.8 Å². The first kappa shape index (κ1) is 19.2. The third kappa shape index (κ3) is 2.80. The number of rotatable bonds is 4. The van der Waals surface area contributed by atoms with Gasteiger partial charge in [-0.1, -0.05) is 37.6 Å². The van der Waals surface area contributed by atoms with Crippen molar-refractivity contribution in [2.24, 2.45) is 0 Å². The molecule has 0 unspecified atom stereocenters. The molecule has 3 aromatic rings. The number of benzene rings is 2. The third-order valence-electron chi connectivity index (χ3n) is 6.84. The highest BCUT2D eigenvalue weighted by Crippen LogP contribution is 2.44. The largest absolute Gasteiger partial charge is 0.454 e. The van der Waals surface area contributed by atoms with E-state index in [9.17, 15) is 9.59 Å². The number of para-hydroxylation sites is 1. The minimum atomic E-state index is -0.504. The summed E-state index contributed by atoms with van der Waals surface area (Å²) in [5.41, 5.74) is 4.02. The minimum Gasteiger partial charge on any atom is -0.454 e. The zero-order valence-electron chi connectivity index (χ0n) is 18.0. The highest BCUT2D eigenvalue weighted by molar-refractivity contribution is 5.97. The van der Waals surface area contributed by atoms with Crippen molar-refractivity contribution in [3.8, 4) is 11.5 Å².